The first-order chi connectivity index (χ1) is 26.4. The molecule has 0 radical (unpaired) electrons. The Morgan fingerprint density at radius 2 is 1.35 bits per heavy atom. The summed E-state index contributed by atoms with van der Waals surface area (Å²) in [6.45, 7) is 2.89. The van der Waals surface area contributed by atoms with Crippen LogP contribution in [0.25, 0.3) is 57.3 Å². The van der Waals surface area contributed by atoms with Crippen LogP contribution in [0.4, 0.5) is 5.69 Å². The molecule has 0 bridgehead atoms. The number of allylic oxidation sites excluding steroid dienone is 2. The number of aromatic nitrogens is 1. The van der Waals surface area contributed by atoms with E-state index >= 15 is 0 Å². The molecule has 8 rings (SSSR count). The Bertz CT molecular complexity index is 2800. The third kappa shape index (κ3) is 8.61. The summed E-state index contributed by atoms with van der Waals surface area (Å²) in [4.78, 5) is 5.51. The van der Waals surface area contributed by atoms with Gasteiger partial charge in [-0.15, -0.1) is 22.7 Å². The molecule has 3 aromatic heterocycles. The van der Waals surface area contributed by atoms with Crippen LogP contribution in [-0.2, 0) is 26.8 Å². The lowest BCUT2D eigenvalue weighted by atomic mass is 10.1. The highest BCUT2D eigenvalue weighted by Gasteiger charge is 2.27. The van der Waals surface area contributed by atoms with Crippen molar-refractivity contribution in [2.45, 2.75) is 37.6 Å². The number of hydrogen-bond acceptors (Lipinski definition) is 9. The van der Waals surface area contributed by atoms with E-state index < -0.39 is 20.2 Å². The summed E-state index contributed by atoms with van der Waals surface area (Å²) in [5, 5.41) is 4.29. The molecule has 0 fully saturated rings. The number of rotatable bonds is 13. The molecule has 7 aromatic rings. The lowest BCUT2D eigenvalue weighted by molar-refractivity contribution is -0.668. The molecule has 8 nitrogen and oxygen atoms in total. The number of anilines is 1. The third-order valence-electron chi connectivity index (χ3n) is 9.47. The van der Waals surface area contributed by atoms with Crippen LogP contribution in [0.15, 0.2) is 119 Å². The second-order valence-corrected chi connectivity index (χ2v) is 20.8. The van der Waals surface area contributed by atoms with Crippen LogP contribution in [0.3, 0.4) is 0 Å². The van der Waals surface area contributed by atoms with Crippen LogP contribution in [0.1, 0.15) is 31.2 Å². The number of hydrogen-bond donors (Lipinski definition) is 2. The molecular formula is C41H37N2O6S6+. The molecule has 1 aliphatic rings. The largest absolute Gasteiger partial charge is 0.335 e. The van der Waals surface area contributed by atoms with Crippen molar-refractivity contribution in [3.05, 3.63) is 119 Å². The molecule has 1 aliphatic heterocycles. The highest BCUT2D eigenvalue weighted by atomic mass is 32.2. The van der Waals surface area contributed by atoms with Gasteiger partial charge in [0.25, 0.3) is 25.2 Å². The number of benzene rings is 4. The number of thioether (sulfide) groups is 1. The van der Waals surface area contributed by atoms with Gasteiger partial charge in [-0.1, -0.05) is 78.6 Å². The number of thiophene rings is 2. The van der Waals surface area contributed by atoms with Crippen molar-refractivity contribution in [3.8, 4) is 20.9 Å². The molecular weight excluding hydrogens is 809 g/mol. The van der Waals surface area contributed by atoms with E-state index in [1.54, 1.807) is 45.8 Å². The normalized spacial score (nSPS) is 14.6. The number of thiazole rings is 1. The van der Waals surface area contributed by atoms with Crippen molar-refractivity contribution < 1.29 is 30.5 Å². The number of aryl methyl sites for hydroxylation is 1. The van der Waals surface area contributed by atoms with Gasteiger partial charge in [-0.2, -0.15) is 21.4 Å². The molecule has 4 aromatic carbocycles. The van der Waals surface area contributed by atoms with Crippen molar-refractivity contribution >= 4 is 108 Å². The van der Waals surface area contributed by atoms with Crippen LogP contribution >= 0.6 is 45.8 Å². The minimum absolute atomic E-state index is 0.251. The van der Waals surface area contributed by atoms with Crippen molar-refractivity contribution in [1.82, 2.24) is 0 Å². The Hall–Kier alpha value is -3.86. The van der Waals surface area contributed by atoms with Gasteiger partial charge < -0.3 is 4.90 Å². The molecule has 4 heterocycles. The van der Waals surface area contributed by atoms with E-state index in [4.69, 9.17) is 0 Å². The van der Waals surface area contributed by atoms with Crippen molar-refractivity contribution in [3.63, 3.8) is 0 Å². The predicted molar refractivity (Wildman–Crippen MR) is 232 cm³/mol. The van der Waals surface area contributed by atoms with Gasteiger partial charge in [0.05, 0.1) is 22.2 Å². The van der Waals surface area contributed by atoms with Crippen molar-refractivity contribution in [1.29, 1.82) is 0 Å². The first-order valence-electron chi connectivity index (χ1n) is 17.8. The Balaban J connectivity index is 1.17. The maximum Gasteiger partial charge on any atom is 0.265 e. The van der Waals surface area contributed by atoms with Gasteiger partial charge in [0.2, 0.25) is 5.52 Å². The smallest absolute Gasteiger partial charge is 0.265 e. The van der Waals surface area contributed by atoms with Crippen molar-refractivity contribution in [2.24, 2.45) is 0 Å². The minimum Gasteiger partial charge on any atom is -0.335 e. The van der Waals surface area contributed by atoms with Crippen LogP contribution < -0.4 is 9.47 Å². The summed E-state index contributed by atoms with van der Waals surface area (Å²) < 4.78 is 71.6. The van der Waals surface area contributed by atoms with Gasteiger partial charge in [-0.05, 0) is 88.9 Å². The fourth-order valence-corrected chi connectivity index (χ4v) is 12.2. The first-order valence-corrected chi connectivity index (χ1v) is 24.3. The number of fused-ring (bicyclic) bond motifs is 4. The van der Waals surface area contributed by atoms with E-state index in [1.165, 1.54) is 20.2 Å². The molecule has 0 unspecified atom stereocenters. The highest BCUT2D eigenvalue weighted by molar-refractivity contribution is 8.03. The average Bonchev–Trinajstić information content (AvgIpc) is 3.93. The summed E-state index contributed by atoms with van der Waals surface area (Å²) in [5.74, 6) is -0.670. The molecule has 0 saturated heterocycles. The average molecular weight is 846 g/mol. The summed E-state index contributed by atoms with van der Waals surface area (Å²) >= 11 is 6.74. The van der Waals surface area contributed by atoms with Crippen LogP contribution in [0.2, 0.25) is 0 Å². The van der Waals surface area contributed by atoms with E-state index in [1.807, 2.05) is 24.3 Å². The Labute approximate surface area is 336 Å². The number of nitrogens with zero attached hydrogens (tertiary/aromatic N) is 2. The van der Waals surface area contributed by atoms with Crippen LogP contribution in [0.5, 0.6) is 0 Å². The van der Waals surface area contributed by atoms with E-state index in [2.05, 4.69) is 101 Å². The SMILES string of the molecule is CCC(/C=C1\Sc2ccc(-c3cc4ccccc4s3)cc2N1CCCS(=O)(=O)O)=C\c1sc2ccc(-c3cc4ccccc4s3)cc2[n+]1CCCS(=O)(=O)O. The summed E-state index contributed by atoms with van der Waals surface area (Å²) in [5.41, 5.74) is 5.19. The topological polar surface area (TPSA) is 116 Å². The molecule has 55 heavy (non-hydrogen) atoms. The zero-order valence-electron chi connectivity index (χ0n) is 29.7. The first kappa shape index (κ1) is 38.0. The Morgan fingerprint density at radius 1 is 0.727 bits per heavy atom. The van der Waals surface area contributed by atoms with E-state index in [-0.39, 0.29) is 24.3 Å². The fraction of sp³-hybridized carbons (Fsp3) is 0.195. The summed E-state index contributed by atoms with van der Waals surface area (Å²) in [6.07, 6.45) is 5.50. The standard InChI is InChI=1S/C41H36N2O6S6/c1-2-27(21-40-42(17-7-19-54(44,45)46)32-23-30(13-15-36(32)52-40)38-25-28-9-3-5-11-34(28)50-38)22-41-43(18-8-20-55(47,48)49)33-24-31(14-16-37(33)53-41)39-26-29-10-4-6-12-35(29)51-39/h3-6,9-16,21-26H,2,7-8,17-20H2,1H3,(H-,44,45,46,47,48,49)/p+1. The molecule has 0 saturated carbocycles. The lowest BCUT2D eigenvalue weighted by Crippen LogP contribution is -2.36. The van der Waals surface area contributed by atoms with Gasteiger partial charge in [-0.25, -0.2) is 0 Å². The second kappa shape index (κ2) is 15.6. The predicted octanol–water partition coefficient (Wildman–Crippen LogP) is 10.8. The lowest BCUT2D eigenvalue weighted by Gasteiger charge is -2.21. The molecule has 0 aliphatic carbocycles. The molecule has 0 spiro atoms. The molecule has 282 valence electrons. The maximum absolute atomic E-state index is 11.7. The zero-order chi connectivity index (χ0) is 38.3. The minimum atomic E-state index is -4.12. The van der Waals surface area contributed by atoms with Crippen LogP contribution in [-0.4, -0.2) is 44.0 Å². The van der Waals surface area contributed by atoms with E-state index in [0.29, 0.717) is 19.5 Å². The fourth-order valence-electron chi connectivity index (χ4n) is 6.81. The molecule has 0 amide bonds. The molecule has 2 N–H and O–H groups in total. The van der Waals surface area contributed by atoms with Crippen molar-refractivity contribution in [2.75, 3.05) is 23.0 Å². The third-order valence-corrected chi connectivity index (χ3v) is 15.6. The van der Waals surface area contributed by atoms with Gasteiger partial charge >= 0.3 is 0 Å². The van der Waals surface area contributed by atoms with Gasteiger partial charge in [0.15, 0.2) is 6.54 Å². The Morgan fingerprint density at radius 3 is 1.98 bits per heavy atom. The van der Waals surface area contributed by atoms with E-state index in [0.717, 1.165) is 57.3 Å². The summed E-state index contributed by atoms with van der Waals surface area (Å²) in [6, 6.07) is 33.8. The quantitative estimate of drug-likeness (QED) is 0.0871. The highest BCUT2D eigenvalue weighted by Crippen LogP contribution is 2.49. The van der Waals surface area contributed by atoms with Crippen LogP contribution in [0, 0.1) is 0 Å². The summed E-state index contributed by atoms with van der Waals surface area (Å²) in [7, 11) is -8.25. The monoisotopic (exact) mass is 845 g/mol. The molecule has 14 heteroatoms. The van der Waals surface area contributed by atoms with E-state index in [9.17, 15) is 25.9 Å². The van der Waals surface area contributed by atoms with Gasteiger partial charge in [-0.3, -0.25) is 9.11 Å². The van der Waals surface area contributed by atoms with Gasteiger partial charge in [0.1, 0.15) is 4.70 Å². The van der Waals surface area contributed by atoms with Gasteiger partial charge in [0, 0.05) is 49.2 Å². The second-order valence-electron chi connectivity index (χ2n) is 13.3. The maximum atomic E-state index is 11.7. The zero-order valence-corrected chi connectivity index (χ0v) is 34.6. The Kier molecular flexibility index (Phi) is 10.8. The molecule has 0 atom stereocenters.